The summed E-state index contributed by atoms with van der Waals surface area (Å²) in [5.41, 5.74) is 3.37. The predicted octanol–water partition coefficient (Wildman–Crippen LogP) is 2.76. The third kappa shape index (κ3) is 3.49. The fourth-order valence-electron chi connectivity index (χ4n) is 4.40. The summed E-state index contributed by atoms with van der Waals surface area (Å²) in [6.07, 6.45) is 1.75. The van der Waals surface area contributed by atoms with E-state index in [4.69, 9.17) is 4.74 Å². The number of carbonyl (C=O) groups is 3. The Morgan fingerprint density at radius 2 is 1.85 bits per heavy atom. The molecule has 5 rings (SSSR count). The number of pyridine rings is 1. The first-order valence-electron chi connectivity index (χ1n) is 10.5. The molecule has 1 aromatic heterocycles. The fraction of sp³-hybridized carbons (Fsp3) is 0.200. The maximum Gasteiger partial charge on any atom is 0.322 e. The summed E-state index contributed by atoms with van der Waals surface area (Å²) in [7, 11) is 1.54. The van der Waals surface area contributed by atoms with Gasteiger partial charge in [-0.1, -0.05) is 30.3 Å². The van der Waals surface area contributed by atoms with Gasteiger partial charge in [0.2, 0.25) is 0 Å². The lowest BCUT2D eigenvalue weighted by molar-refractivity contribution is -0.124. The first-order chi connectivity index (χ1) is 15.9. The van der Waals surface area contributed by atoms with Gasteiger partial charge in [0.05, 0.1) is 19.3 Å². The number of hydrogen-bond donors (Lipinski definition) is 2. The molecule has 0 bridgehead atoms. The van der Waals surface area contributed by atoms with E-state index in [0.29, 0.717) is 23.4 Å². The molecule has 8 nitrogen and oxygen atoms in total. The number of ether oxygens (including phenoxy) is 1. The van der Waals surface area contributed by atoms with Crippen LogP contribution in [0.1, 0.15) is 27.0 Å². The minimum absolute atomic E-state index is 0.00242. The molecule has 2 aliphatic rings. The lowest BCUT2D eigenvalue weighted by atomic mass is 9.88. The molecule has 0 aliphatic carbocycles. The van der Waals surface area contributed by atoms with Gasteiger partial charge in [-0.25, -0.2) is 4.79 Å². The average Bonchev–Trinajstić information content (AvgIpc) is 3.28. The smallest absolute Gasteiger partial charge is 0.322 e. The van der Waals surface area contributed by atoms with Crippen LogP contribution in [0.4, 0.5) is 4.79 Å². The Balaban J connectivity index is 1.48. The number of aryl methyl sites for hydroxylation is 1. The zero-order valence-corrected chi connectivity index (χ0v) is 18.2. The van der Waals surface area contributed by atoms with Crippen LogP contribution in [-0.2, 0) is 16.9 Å². The molecule has 3 heterocycles. The molecule has 0 saturated carbocycles. The van der Waals surface area contributed by atoms with Crippen molar-refractivity contribution in [2.24, 2.45) is 0 Å². The van der Waals surface area contributed by atoms with Crippen molar-refractivity contribution >= 4 is 17.8 Å². The SMILES string of the molecule is COc1ccc2c(c1)C(=O)N(C[C@@]1(c3ccc(-c4cc(C)ccn4)cc3)NC(=O)NC1=O)C2. The first kappa shape index (κ1) is 20.7. The van der Waals surface area contributed by atoms with E-state index in [9.17, 15) is 14.4 Å². The number of fused-ring (bicyclic) bond motifs is 1. The van der Waals surface area contributed by atoms with Crippen molar-refractivity contribution in [2.45, 2.75) is 19.0 Å². The number of amides is 4. The maximum absolute atomic E-state index is 13.1. The summed E-state index contributed by atoms with van der Waals surface area (Å²) in [6, 6.07) is 16.0. The van der Waals surface area contributed by atoms with E-state index in [2.05, 4.69) is 15.6 Å². The summed E-state index contributed by atoms with van der Waals surface area (Å²) in [4.78, 5) is 44.2. The number of rotatable bonds is 5. The van der Waals surface area contributed by atoms with Crippen molar-refractivity contribution in [3.8, 4) is 17.0 Å². The van der Waals surface area contributed by atoms with E-state index in [0.717, 1.165) is 22.4 Å². The molecule has 1 saturated heterocycles. The summed E-state index contributed by atoms with van der Waals surface area (Å²) in [5.74, 6) is -0.112. The second kappa shape index (κ2) is 7.74. The molecule has 1 atom stereocenters. The quantitative estimate of drug-likeness (QED) is 0.592. The molecular formula is C25H22N4O4. The van der Waals surface area contributed by atoms with Gasteiger partial charge in [0.25, 0.3) is 11.8 Å². The van der Waals surface area contributed by atoms with Crippen molar-refractivity contribution in [1.29, 1.82) is 0 Å². The summed E-state index contributed by atoms with van der Waals surface area (Å²) in [6.45, 7) is 2.34. The zero-order valence-electron chi connectivity index (χ0n) is 18.2. The van der Waals surface area contributed by atoms with Crippen molar-refractivity contribution in [3.63, 3.8) is 0 Å². The van der Waals surface area contributed by atoms with Gasteiger partial charge in [-0.2, -0.15) is 0 Å². The number of methoxy groups -OCH3 is 1. The second-order valence-corrected chi connectivity index (χ2v) is 8.29. The molecule has 0 unspecified atom stereocenters. The van der Waals surface area contributed by atoms with Gasteiger partial charge >= 0.3 is 6.03 Å². The van der Waals surface area contributed by atoms with E-state index in [1.165, 1.54) is 0 Å². The molecule has 3 aromatic rings. The van der Waals surface area contributed by atoms with Crippen molar-refractivity contribution < 1.29 is 19.1 Å². The van der Waals surface area contributed by atoms with E-state index in [1.54, 1.807) is 42.5 Å². The Kier molecular flexibility index (Phi) is 4.85. The van der Waals surface area contributed by atoms with Crippen LogP contribution in [0.25, 0.3) is 11.3 Å². The molecule has 8 heteroatoms. The van der Waals surface area contributed by atoms with Gasteiger partial charge in [0, 0.05) is 23.9 Å². The number of carbonyl (C=O) groups excluding carboxylic acids is 3. The van der Waals surface area contributed by atoms with Crippen molar-refractivity contribution in [3.05, 3.63) is 83.0 Å². The molecule has 4 amide bonds. The molecule has 33 heavy (non-hydrogen) atoms. The standard InChI is InChI=1S/C25H22N4O4/c1-15-9-10-26-21(11-15)16-3-6-18(7-4-16)25(23(31)27-24(32)28-25)14-29-13-17-5-8-19(33-2)12-20(17)22(29)30/h3-12H,13-14H2,1-2H3,(H2,27,28,31,32)/t25-/m0/s1. The third-order valence-electron chi connectivity index (χ3n) is 6.15. The molecule has 0 radical (unpaired) electrons. The minimum atomic E-state index is -1.39. The molecule has 2 aromatic carbocycles. The molecular weight excluding hydrogens is 420 g/mol. The zero-order chi connectivity index (χ0) is 23.2. The first-order valence-corrected chi connectivity index (χ1v) is 10.5. The van der Waals surface area contributed by atoms with Crippen molar-refractivity contribution in [2.75, 3.05) is 13.7 Å². The van der Waals surface area contributed by atoms with E-state index >= 15 is 0 Å². The summed E-state index contributed by atoms with van der Waals surface area (Å²) < 4.78 is 5.23. The molecule has 166 valence electrons. The number of imide groups is 1. The largest absolute Gasteiger partial charge is 0.497 e. The van der Waals surface area contributed by atoms with Gasteiger partial charge in [0.1, 0.15) is 5.75 Å². The van der Waals surface area contributed by atoms with Crippen LogP contribution in [0.15, 0.2) is 60.8 Å². The van der Waals surface area contributed by atoms with Gasteiger partial charge in [-0.05, 0) is 47.9 Å². The Morgan fingerprint density at radius 1 is 1.06 bits per heavy atom. The Labute approximate surface area is 190 Å². The third-order valence-corrected chi connectivity index (χ3v) is 6.15. The van der Waals surface area contributed by atoms with E-state index in [-0.39, 0.29) is 12.5 Å². The number of urea groups is 1. The lowest BCUT2D eigenvalue weighted by Gasteiger charge is -2.31. The van der Waals surface area contributed by atoms with Crippen LogP contribution >= 0.6 is 0 Å². The number of aromatic nitrogens is 1. The topological polar surface area (TPSA) is 101 Å². The van der Waals surface area contributed by atoms with E-state index < -0.39 is 17.5 Å². The predicted molar refractivity (Wildman–Crippen MR) is 120 cm³/mol. The molecule has 1 fully saturated rings. The molecule has 2 aliphatic heterocycles. The van der Waals surface area contributed by atoms with Crippen LogP contribution in [0.2, 0.25) is 0 Å². The highest BCUT2D eigenvalue weighted by Crippen LogP contribution is 2.33. The highest BCUT2D eigenvalue weighted by molar-refractivity contribution is 6.08. The van der Waals surface area contributed by atoms with E-state index in [1.807, 2.05) is 37.3 Å². The number of nitrogens with one attached hydrogen (secondary N) is 2. The van der Waals surface area contributed by atoms with Gasteiger partial charge in [-0.15, -0.1) is 0 Å². The van der Waals surface area contributed by atoms with Crippen LogP contribution in [0.3, 0.4) is 0 Å². The van der Waals surface area contributed by atoms with Crippen LogP contribution in [0.5, 0.6) is 5.75 Å². The normalized spacial score (nSPS) is 19.3. The number of hydrogen-bond acceptors (Lipinski definition) is 5. The Morgan fingerprint density at radius 3 is 2.52 bits per heavy atom. The lowest BCUT2D eigenvalue weighted by Crippen LogP contribution is -2.52. The van der Waals surface area contributed by atoms with Crippen LogP contribution in [0, 0.1) is 6.92 Å². The highest BCUT2D eigenvalue weighted by atomic mass is 16.5. The second-order valence-electron chi connectivity index (χ2n) is 8.29. The van der Waals surface area contributed by atoms with Crippen molar-refractivity contribution in [1.82, 2.24) is 20.5 Å². The monoisotopic (exact) mass is 442 g/mol. The maximum atomic E-state index is 13.1. The number of nitrogens with zero attached hydrogens (tertiary/aromatic N) is 2. The number of benzene rings is 2. The van der Waals surface area contributed by atoms with Gasteiger partial charge in [-0.3, -0.25) is 19.9 Å². The highest BCUT2D eigenvalue weighted by Gasteiger charge is 2.50. The Hall–Kier alpha value is -4.20. The minimum Gasteiger partial charge on any atom is -0.497 e. The molecule has 2 N–H and O–H groups in total. The van der Waals surface area contributed by atoms with Crippen LogP contribution in [-0.4, -0.2) is 41.4 Å². The summed E-state index contributed by atoms with van der Waals surface area (Å²) in [5, 5.41) is 5.09. The summed E-state index contributed by atoms with van der Waals surface area (Å²) >= 11 is 0. The van der Waals surface area contributed by atoms with Gasteiger partial charge < -0.3 is 15.0 Å². The average molecular weight is 442 g/mol. The van der Waals surface area contributed by atoms with Gasteiger partial charge in [0.15, 0.2) is 5.54 Å². The fourth-order valence-corrected chi connectivity index (χ4v) is 4.40. The Bertz CT molecular complexity index is 1290. The molecule has 0 spiro atoms. The van der Waals surface area contributed by atoms with Crippen LogP contribution < -0.4 is 15.4 Å².